The van der Waals surface area contributed by atoms with E-state index in [1.807, 2.05) is 106 Å². The minimum absolute atomic E-state index is 0. The van der Waals surface area contributed by atoms with Crippen LogP contribution in [0.15, 0.2) is 213 Å². The summed E-state index contributed by atoms with van der Waals surface area (Å²) in [4.78, 5) is 113. The van der Waals surface area contributed by atoms with E-state index in [1.165, 1.54) is 24.3 Å². The molecule has 0 spiro atoms. The predicted octanol–water partition coefficient (Wildman–Crippen LogP) is 16.3. The molecule has 1 aliphatic rings. The van der Waals surface area contributed by atoms with Gasteiger partial charge >= 0.3 is 29.9 Å². The monoisotopic (exact) mass is 2130 g/mol. The molecule has 16 aromatic rings. The first kappa shape index (κ1) is 111. The zero-order chi connectivity index (χ0) is 106. The lowest BCUT2D eigenvalue weighted by molar-refractivity contribution is -0.121. The fourth-order valence-corrected chi connectivity index (χ4v) is 20.6. The summed E-state index contributed by atoms with van der Waals surface area (Å²) in [5.74, 6) is -7.84. The Bertz CT molecular complexity index is 8020. The number of aryl methyl sites for hydroxylation is 1. The van der Waals surface area contributed by atoms with Gasteiger partial charge in [0.05, 0.1) is 88.4 Å². The third-order valence-corrected chi connectivity index (χ3v) is 27.9. The number of hydrogen-bond donors (Lipinski definition) is 16. The van der Waals surface area contributed by atoms with Crippen molar-refractivity contribution in [3.63, 3.8) is 0 Å². The minimum atomic E-state index is -3.46. The van der Waals surface area contributed by atoms with Crippen molar-refractivity contribution in [2.75, 3.05) is 63.5 Å². The molecule has 1 fully saturated rings. The molecular formula is C106H112Cl2F2N18O18S3. The minimum Gasteiger partial charge on any atom is -0.477 e. The maximum atomic E-state index is 14.8. The van der Waals surface area contributed by atoms with Crippen molar-refractivity contribution in [2.24, 2.45) is 17.2 Å². The molecule has 17 rings (SSSR count). The number of sulfone groups is 3. The number of hydrogen-bond acceptors (Lipinski definition) is 22. The number of anilines is 1. The van der Waals surface area contributed by atoms with Crippen LogP contribution in [0, 0.1) is 11.6 Å². The molecule has 1 aliphatic heterocycles. The second kappa shape index (κ2) is 48.6. The average molecular weight is 2130 g/mol. The van der Waals surface area contributed by atoms with Gasteiger partial charge in [-0.1, -0.05) is 163 Å². The number of fused-ring (bicyclic) bond motifs is 4. The molecule has 0 aliphatic carbocycles. The summed E-state index contributed by atoms with van der Waals surface area (Å²) < 4.78 is 107. The number of nitrogens with zero attached hydrogens (tertiary/aromatic N) is 6. The van der Waals surface area contributed by atoms with Crippen LogP contribution < -0.4 is 38.5 Å². The maximum Gasteiger partial charge on any atom is 0.352 e. The van der Waals surface area contributed by atoms with Crippen molar-refractivity contribution in [1.82, 2.24) is 70.7 Å². The number of pyridine rings is 1. The zero-order valence-electron chi connectivity index (χ0n) is 82.0. The van der Waals surface area contributed by atoms with Crippen molar-refractivity contribution in [3.05, 3.63) is 325 Å². The summed E-state index contributed by atoms with van der Waals surface area (Å²) in [5.41, 5.74) is 31.7. The summed E-state index contributed by atoms with van der Waals surface area (Å²) in [7, 11) is -10.2. The van der Waals surface area contributed by atoms with E-state index in [4.69, 9.17) is 33.5 Å². The van der Waals surface area contributed by atoms with E-state index < -0.39 is 88.6 Å². The van der Waals surface area contributed by atoms with Gasteiger partial charge in [0.1, 0.15) is 34.4 Å². The molecule has 4 atom stereocenters. The Hall–Kier alpha value is -15.2. The van der Waals surface area contributed by atoms with E-state index in [-0.39, 0.29) is 104 Å². The molecule has 4 unspecified atom stereocenters. The first-order chi connectivity index (χ1) is 70.5. The van der Waals surface area contributed by atoms with Crippen molar-refractivity contribution >= 4 is 145 Å². The third kappa shape index (κ3) is 27.6. The number of morpholine rings is 1. The van der Waals surface area contributed by atoms with E-state index in [2.05, 4.69) is 71.4 Å². The molecule has 4 amide bonds. The number of carboxylic acids is 4. The number of aromatic amines is 5. The SMILES string of the molecule is CC(CC(=O)NCCc1cnc[nH]1)c1cccc2c(-c3ccc(CS(C)(=O)=O)c(F)c3)c(C(=O)O)[nH]c12.CC(NC(=O)Nc1ccc(CN)cc1)c1cccc2c(-c3ccc(CS(C)(=O)=O)c(F)c3)c(C(=O)O)[nH]c12.CC(NC(=O)c1ccc(CN)cc1)c1cccc2c(-c3ccc(CN4CCOCC4)nc3)c(C(=O)O)[nH]c12.CC(c1cccc2c(-c3ccc(CS(C)(=O)=O)c(Cl)c3)c(C(=O)O)[nH]c12)n1cc(CCCN)nn1.Cl. The fraction of sp³-hybridized carbons (Fsp3) is 0.255. The summed E-state index contributed by atoms with van der Waals surface area (Å²) in [6.07, 6.45) is 12.4. The van der Waals surface area contributed by atoms with Gasteiger partial charge in [0.15, 0.2) is 29.5 Å². The number of aromatic nitrogens is 10. The van der Waals surface area contributed by atoms with Crippen LogP contribution in [0.5, 0.6) is 0 Å². The fourth-order valence-electron chi connectivity index (χ4n) is 17.8. The van der Waals surface area contributed by atoms with Crippen LogP contribution in [0.1, 0.15) is 184 Å². The van der Waals surface area contributed by atoms with Crippen LogP contribution >= 0.6 is 24.0 Å². The summed E-state index contributed by atoms with van der Waals surface area (Å²) in [6, 6.07) is 51.2. The lowest BCUT2D eigenvalue weighted by Gasteiger charge is -2.26. The normalized spacial score (nSPS) is 13.1. The van der Waals surface area contributed by atoms with E-state index in [9.17, 15) is 88.0 Å². The Morgan fingerprint density at radius 3 is 1.41 bits per heavy atom. The number of amides is 4. The average Bonchev–Trinajstić information content (AvgIpc) is 1.62. The van der Waals surface area contributed by atoms with Crippen LogP contribution in [-0.2, 0) is 88.8 Å². The van der Waals surface area contributed by atoms with Gasteiger partial charge in [0.25, 0.3) is 5.91 Å². The third-order valence-electron chi connectivity index (χ3n) is 25.1. The Morgan fingerprint density at radius 1 is 0.517 bits per heavy atom. The quantitative estimate of drug-likeness (QED) is 0.0175. The largest absolute Gasteiger partial charge is 0.477 e. The molecule has 1 saturated heterocycles. The highest BCUT2D eigenvalue weighted by molar-refractivity contribution is 7.90. The Morgan fingerprint density at radius 2 is 0.960 bits per heavy atom. The molecule has 19 N–H and O–H groups in total. The maximum absolute atomic E-state index is 14.8. The van der Waals surface area contributed by atoms with Gasteiger partial charge in [-0.25, -0.2) is 67.7 Å². The Labute approximate surface area is 867 Å². The summed E-state index contributed by atoms with van der Waals surface area (Å²) in [6.45, 7) is 13.2. The van der Waals surface area contributed by atoms with Crippen LogP contribution in [0.3, 0.4) is 0 Å². The number of benzene rings is 9. The van der Waals surface area contributed by atoms with E-state index in [0.717, 1.165) is 127 Å². The smallest absolute Gasteiger partial charge is 0.352 e. The zero-order valence-corrected chi connectivity index (χ0v) is 86.0. The number of carboxylic acid groups (broad SMARTS) is 4. The first-order valence-corrected chi connectivity index (χ1v) is 53.6. The topological polar surface area (TPSA) is 577 Å². The molecule has 149 heavy (non-hydrogen) atoms. The number of urea groups is 1. The van der Waals surface area contributed by atoms with Crippen molar-refractivity contribution in [2.45, 2.75) is 114 Å². The molecule has 9 aromatic carbocycles. The van der Waals surface area contributed by atoms with Crippen molar-refractivity contribution in [3.8, 4) is 44.5 Å². The van der Waals surface area contributed by atoms with Crippen molar-refractivity contribution in [1.29, 1.82) is 0 Å². The van der Waals surface area contributed by atoms with Gasteiger partial charge in [0.2, 0.25) is 5.91 Å². The number of aromatic carboxylic acids is 4. The lowest BCUT2D eigenvalue weighted by atomic mass is 9.93. The molecule has 36 nitrogen and oxygen atoms in total. The first-order valence-electron chi connectivity index (χ1n) is 47.0. The number of H-pyrrole nitrogens is 5. The number of carbonyl (C=O) groups is 7. The molecule has 780 valence electrons. The van der Waals surface area contributed by atoms with Crippen molar-refractivity contribution < 1.29 is 92.8 Å². The van der Waals surface area contributed by atoms with Gasteiger partial charge in [-0.15, -0.1) is 17.5 Å². The molecule has 8 heterocycles. The molecule has 43 heteroatoms. The van der Waals surface area contributed by atoms with Crippen LogP contribution in [0.4, 0.5) is 19.3 Å². The van der Waals surface area contributed by atoms with Gasteiger partial charge in [0, 0.05) is 177 Å². The predicted molar refractivity (Wildman–Crippen MR) is 569 cm³/mol. The van der Waals surface area contributed by atoms with E-state index in [0.29, 0.717) is 127 Å². The number of carbonyl (C=O) groups excluding carboxylic acids is 3. The second-order valence-electron chi connectivity index (χ2n) is 36.2. The summed E-state index contributed by atoms with van der Waals surface area (Å²) >= 11 is 6.39. The molecule has 0 saturated carbocycles. The van der Waals surface area contributed by atoms with Gasteiger partial charge in [-0.3, -0.25) is 19.5 Å². The highest BCUT2D eigenvalue weighted by Gasteiger charge is 2.31. The molecular weight excluding hydrogens is 2020 g/mol. The highest BCUT2D eigenvalue weighted by Crippen LogP contribution is 2.43. The van der Waals surface area contributed by atoms with Gasteiger partial charge < -0.3 is 88.6 Å². The number of ether oxygens (including phenoxy) is 1. The van der Waals surface area contributed by atoms with Crippen LogP contribution in [-0.4, -0.2) is 200 Å². The summed E-state index contributed by atoms with van der Waals surface area (Å²) in [5, 5.41) is 62.5. The molecule has 7 aromatic heterocycles. The van der Waals surface area contributed by atoms with Gasteiger partial charge in [-0.05, 0) is 145 Å². The Balaban J connectivity index is 0.000000165. The van der Waals surface area contributed by atoms with Crippen LogP contribution in [0.25, 0.3) is 88.1 Å². The standard InChI is InChI=1S/C29H31N5O4.C27H27FN4O5S.C26H27FN4O5S.C24H26ClN5O4S.ClH/c1-18(32-28(35)20-7-5-19(15-30)6-8-20)23-3-2-4-24-25(27(29(36)37)33-26(23)24)21-9-10-22(31-16-21)17-34-11-13-38-14-12-34;1-15(30-27(35)31-19-10-6-16(13-29)7-11-19)20-4-3-5-21-23(25(26(33)34)32-24(20)21)17-8-9-18(22(28)12-17)14-38(2,36)37;1-15(10-22(32)29-9-8-18-12-28-14-30-18)19-4-3-5-20-23(25(26(33)34)31-24(19)20)16-6-7-17(21(27)11-16)13-37(2,35)36;1-14(30-12-17(28-29-30)5-4-10-26)18-6-3-7-19-21(23(24(31)32)27-22(18)19)15-8-9-16(20(25)11-15)13-35(2,33)34;/h2-10,16,18,33H,11-15,17,30H2,1H3,(H,32,35)(H,36,37);3-12,15,32H,13-14,29H2,1-2H3,(H,33,34)(H2,30,31,35);3-7,11-12,14-15,31H,8-10,13H2,1-2H3,(H,28,30)(H,29,32)(H,33,34);3,6-9,11-12,14,27H,4-5,10,13,26H2,1-2H3,(H,31,32);1H. The molecule has 0 bridgehead atoms. The second-order valence-corrected chi connectivity index (χ2v) is 43.0. The van der Waals surface area contributed by atoms with Gasteiger partial charge in [-0.2, -0.15) is 0 Å². The number of imidazole rings is 1. The lowest BCUT2D eigenvalue weighted by Crippen LogP contribution is -2.35. The molecule has 0 radical (unpaired) electrons. The number of nitrogens with one attached hydrogen (secondary N) is 9. The Kier molecular flexibility index (Phi) is 36.2. The van der Waals surface area contributed by atoms with E-state index in [1.54, 1.807) is 103 Å². The highest BCUT2D eigenvalue weighted by atomic mass is 35.5. The number of para-hydroxylation sites is 4. The van der Waals surface area contributed by atoms with Crippen LogP contribution in [0.2, 0.25) is 5.02 Å². The number of rotatable bonds is 35. The van der Waals surface area contributed by atoms with E-state index >= 15 is 0 Å². The number of halogens is 4. The number of nitrogens with two attached hydrogens (primary N) is 3.